The van der Waals surface area contributed by atoms with E-state index in [9.17, 15) is 14.4 Å². The van der Waals surface area contributed by atoms with Crippen LogP contribution >= 0.6 is 0 Å². The molecule has 0 radical (unpaired) electrons. The number of esters is 2. The van der Waals surface area contributed by atoms with E-state index >= 15 is 0 Å². The van der Waals surface area contributed by atoms with Crippen molar-refractivity contribution >= 4 is 18.1 Å². The molecule has 1 unspecified atom stereocenters. The maximum atomic E-state index is 12.1. The van der Waals surface area contributed by atoms with Gasteiger partial charge in [0.2, 0.25) is 0 Å². The van der Waals surface area contributed by atoms with Gasteiger partial charge in [0, 0.05) is 13.0 Å². The Hall–Kier alpha value is -2.35. The van der Waals surface area contributed by atoms with Crippen molar-refractivity contribution in [3.8, 4) is 0 Å². The van der Waals surface area contributed by atoms with E-state index in [0.717, 1.165) is 83.5 Å². The summed E-state index contributed by atoms with van der Waals surface area (Å²) in [6.45, 7) is 7.85. The maximum absolute atomic E-state index is 12.1. The Bertz CT molecular complexity index is 779. The first-order valence-corrected chi connectivity index (χ1v) is 19.1. The van der Waals surface area contributed by atoms with Crippen molar-refractivity contribution in [2.24, 2.45) is 0 Å². The molecule has 8 heteroatoms. The van der Waals surface area contributed by atoms with Gasteiger partial charge in [-0.05, 0) is 70.6 Å². The van der Waals surface area contributed by atoms with E-state index in [2.05, 4.69) is 26.0 Å². The fraction of sp³-hybridized carbons (Fsp3) is 0.821. The van der Waals surface area contributed by atoms with Gasteiger partial charge in [0.05, 0.1) is 6.61 Å². The Morgan fingerprint density at radius 1 is 0.511 bits per heavy atom. The predicted molar refractivity (Wildman–Crippen MR) is 190 cm³/mol. The van der Waals surface area contributed by atoms with E-state index in [1.54, 1.807) is 0 Å². The Kier molecular flexibility index (Phi) is 34.7. The molecule has 0 rings (SSSR count). The number of carbonyl (C=O) groups excluding carboxylic acids is 3. The third-order valence-electron chi connectivity index (χ3n) is 7.85. The number of hydrogen-bond acceptors (Lipinski definition) is 8. The van der Waals surface area contributed by atoms with Crippen molar-refractivity contribution in [1.82, 2.24) is 0 Å². The number of rotatable bonds is 34. The molecule has 0 aliphatic heterocycles. The van der Waals surface area contributed by atoms with E-state index in [1.165, 1.54) is 57.8 Å². The van der Waals surface area contributed by atoms with Crippen LogP contribution in [0.3, 0.4) is 0 Å². The minimum atomic E-state index is -0.611. The van der Waals surface area contributed by atoms with Crippen LogP contribution in [0.2, 0.25) is 0 Å². The molecule has 0 amide bonds. The second-order valence-electron chi connectivity index (χ2n) is 12.4. The van der Waals surface area contributed by atoms with Gasteiger partial charge in [-0.1, -0.05) is 116 Å². The highest BCUT2D eigenvalue weighted by Gasteiger charge is 2.14. The highest BCUT2D eigenvalue weighted by molar-refractivity contribution is 5.70. The molecule has 0 N–H and O–H groups in total. The number of allylic oxidation sites excluding steroid dienone is 2. The normalized spacial score (nSPS) is 12.1. The Morgan fingerprint density at radius 2 is 1.04 bits per heavy atom. The molecule has 0 aliphatic rings. The monoisotopic (exact) mass is 667 g/mol. The zero-order valence-electron chi connectivity index (χ0n) is 30.5. The molecule has 0 spiro atoms. The van der Waals surface area contributed by atoms with Gasteiger partial charge in [-0.2, -0.15) is 0 Å². The largest absolute Gasteiger partial charge is 0.508 e. The van der Waals surface area contributed by atoms with Gasteiger partial charge in [-0.3, -0.25) is 4.79 Å². The van der Waals surface area contributed by atoms with Gasteiger partial charge < -0.3 is 23.7 Å². The van der Waals surface area contributed by atoms with E-state index in [0.29, 0.717) is 26.2 Å². The fourth-order valence-corrected chi connectivity index (χ4v) is 5.05. The predicted octanol–water partition coefficient (Wildman–Crippen LogP) is 10.8. The van der Waals surface area contributed by atoms with Crippen molar-refractivity contribution in [3.05, 3.63) is 24.3 Å². The van der Waals surface area contributed by atoms with Crippen molar-refractivity contribution in [1.29, 1.82) is 0 Å². The summed E-state index contributed by atoms with van der Waals surface area (Å²) in [6, 6.07) is 0. The third kappa shape index (κ3) is 34.8. The van der Waals surface area contributed by atoms with E-state index in [-0.39, 0.29) is 31.3 Å². The molecule has 0 fully saturated rings. The van der Waals surface area contributed by atoms with Crippen LogP contribution in [0.1, 0.15) is 168 Å². The van der Waals surface area contributed by atoms with Gasteiger partial charge in [0.15, 0.2) is 0 Å². The standard InChI is InChI=1S/C39H70O8/c1-4-7-9-11-13-15-18-25-32-44-38(41)35-43-31-24-20-16-22-29-36(47-37(40)28-6-3)30-23-17-21-27-34-46-39(42)45-33-26-19-14-12-10-8-5-2/h18-19,25-26,36H,4-17,20-24,27-35H2,1-3H3/b25-18+,26-19+. The lowest BCUT2D eigenvalue weighted by atomic mass is 10.0. The van der Waals surface area contributed by atoms with Crippen molar-refractivity contribution in [3.63, 3.8) is 0 Å². The quantitative estimate of drug-likeness (QED) is 0.0290. The van der Waals surface area contributed by atoms with Crippen LogP contribution in [0, 0.1) is 0 Å². The highest BCUT2D eigenvalue weighted by atomic mass is 16.7. The molecule has 0 aromatic carbocycles. The number of ether oxygens (including phenoxy) is 5. The second kappa shape index (κ2) is 36.5. The van der Waals surface area contributed by atoms with Crippen molar-refractivity contribution < 1.29 is 38.1 Å². The molecule has 1 atom stereocenters. The third-order valence-corrected chi connectivity index (χ3v) is 7.85. The molecule has 0 saturated heterocycles. The molecule has 47 heavy (non-hydrogen) atoms. The Morgan fingerprint density at radius 3 is 1.66 bits per heavy atom. The fourth-order valence-electron chi connectivity index (χ4n) is 5.05. The van der Waals surface area contributed by atoms with Crippen LogP contribution in [0.15, 0.2) is 24.3 Å². The van der Waals surface area contributed by atoms with E-state index in [4.69, 9.17) is 23.7 Å². The van der Waals surface area contributed by atoms with Gasteiger partial charge in [-0.25, -0.2) is 9.59 Å². The summed E-state index contributed by atoms with van der Waals surface area (Å²) >= 11 is 0. The summed E-state index contributed by atoms with van der Waals surface area (Å²) in [7, 11) is 0. The molecule has 0 saturated carbocycles. The van der Waals surface area contributed by atoms with Gasteiger partial charge in [-0.15, -0.1) is 0 Å². The second-order valence-corrected chi connectivity index (χ2v) is 12.4. The molecule has 0 aromatic heterocycles. The SMILES string of the molecule is CCCCCC/C=C/COC(=O)OCCCCCCC(CCCCCCOCC(=O)OC/C=C/CCCCCCC)OC(=O)CCC. The average Bonchev–Trinajstić information content (AvgIpc) is 3.05. The topological polar surface area (TPSA) is 97.4 Å². The van der Waals surface area contributed by atoms with E-state index in [1.807, 2.05) is 19.1 Å². The highest BCUT2D eigenvalue weighted by Crippen LogP contribution is 2.17. The number of unbranched alkanes of at least 4 members (excludes halogenated alkanes) is 15. The Labute approximate surface area is 287 Å². The summed E-state index contributed by atoms with van der Waals surface area (Å²) in [5.74, 6) is -0.440. The summed E-state index contributed by atoms with van der Waals surface area (Å²) in [5.41, 5.74) is 0. The smallest absolute Gasteiger partial charge is 0.462 e. The lowest BCUT2D eigenvalue weighted by Crippen LogP contribution is -2.18. The Balaban J connectivity index is 3.88. The van der Waals surface area contributed by atoms with Crippen LogP contribution in [0.4, 0.5) is 4.79 Å². The molecular weight excluding hydrogens is 596 g/mol. The van der Waals surface area contributed by atoms with Crippen LogP contribution in [0.25, 0.3) is 0 Å². The molecule has 8 nitrogen and oxygen atoms in total. The maximum Gasteiger partial charge on any atom is 0.508 e. The summed E-state index contributed by atoms with van der Waals surface area (Å²) in [5, 5.41) is 0. The average molecular weight is 667 g/mol. The van der Waals surface area contributed by atoms with E-state index < -0.39 is 6.16 Å². The molecule has 0 bridgehead atoms. The lowest BCUT2D eigenvalue weighted by molar-refractivity contribution is -0.150. The first-order chi connectivity index (χ1) is 23.0. The first-order valence-electron chi connectivity index (χ1n) is 19.1. The van der Waals surface area contributed by atoms with Crippen LogP contribution < -0.4 is 0 Å². The zero-order valence-corrected chi connectivity index (χ0v) is 30.5. The number of carbonyl (C=O) groups is 3. The summed E-state index contributed by atoms with van der Waals surface area (Å²) in [6.07, 6.45) is 31.1. The summed E-state index contributed by atoms with van der Waals surface area (Å²) in [4.78, 5) is 35.7. The van der Waals surface area contributed by atoms with Crippen LogP contribution in [-0.4, -0.2) is 57.2 Å². The van der Waals surface area contributed by atoms with Gasteiger partial charge in [0.1, 0.15) is 25.9 Å². The molecule has 0 aliphatic carbocycles. The molecular formula is C39H70O8. The molecule has 0 aromatic rings. The van der Waals surface area contributed by atoms with Crippen molar-refractivity contribution in [2.45, 2.75) is 175 Å². The lowest BCUT2D eigenvalue weighted by Gasteiger charge is -2.18. The minimum Gasteiger partial charge on any atom is -0.462 e. The van der Waals surface area contributed by atoms with Gasteiger partial charge in [0.25, 0.3) is 0 Å². The van der Waals surface area contributed by atoms with Crippen LogP contribution in [-0.2, 0) is 33.3 Å². The van der Waals surface area contributed by atoms with Gasteiger partial charge >= 0.3 is 18.1 Å². The van der Waals surface area contributed by atoms with Crippen molar-refractivity contribution in [2.75, 3.05) is 33.0 Å². The summed E-state index contributed by atoms with van der Waals surface area (Å²) < 4.78 is 26.7. The first kappa shape index (κ1) is 44.6. The molecule has 0 heterocycles. The zero-order chi connectivity index (χ0) is 34.5. The minimum absolute atomic E-state index is 0.00652. The molecule has 274 valence electrons. The number of hydrogen-bond donors (Lipinski definition) is 0. The van der Waals surface area contributed by atoms with Crippen LogP contribution in [0.5, 0.6) is 0 Å².